The number of likely N-dealkylation sites (N-methyl/N-ethyl adjacent to an activating group) is 1. The van der Waals surface area contributed by atoms with E-state index < -0.39 is 11.6 Å². The molecule has 0 saturated heterocycles. The van der Waals surface area contributed by atoms with Gasteiger partial charge in [0.05, 0.1) is 0 Å². The number of nitrogens with one attached hydrogen (secondary N) is 1. The zero-order chi connectivity index (χ0) is 15.4. The van der Waals surface area contributed by atoms with E-state index in [-0.39, 0.29) is 18.0 Å². The van der Waals surface area contributed by atoms with E-state index in [9.17, 15) is 8.78 Å². The molecule has 0 saturated carbocycles. The first-order valence-electron chi connectivity index (χ1n) is 6.95. The lowest BCUT2D eigenvalue weighted by Crippen LogP contribution is -2.24. The molecule has 0 fully saturated rings. The van der Waals surface area contributed by atoms with Gasteiger partial charge in [0.25, 0.3) is 0 Å². The molecule has 21 heavy (non-hydrogen) atoms. The van der Waals surface area contributed by atoms with Crippen molar-refractivity contribution in [3.63, 3.8) is 0 Å². The standard InChI is InChI=1S/C17H18ClF2N/c1-3-21-17(13-8-7-12(18)9-11(13)2)10-14-15(19)5-4-6-16(14)20/h4-9,17,21H,3,10H2,1-2H3. The second-order valence-electron chi connectivity index (χ2n) is 5.02. The number of aryl methyl sites for hydroxylation is 1. The molecule has 0 aromatic heterocycles. The van der Waals surface area contributed by atoms with Crippen molar-refractivity contribution in [1.29, 1.82) is 0 Å². The van der Waals surface area contributed by atoms with Crippen LogP contribution < -0.4 is 5.32 Å². The molecule has 4 heteroatoms. The van der Waals surface area contributed by atoms with Gasteiger partial charge in [0, 0.05) is 16.6 Å². The molecule has 1 N–H and O–H groups in total. The topological polar surface area (TPSA) is 12.0 Å². The van der Waals surface area contributed by atoms with Gasteiger partial charge in [-0.2, -0.15) is 0 Å². The Balaban J connectivity index is 2.35. The third-order valence-corrected chi connectivity index (χ3v) is 3.76. The second kappa shape index (κ2) is 7.01. The van der Waals surface area contributed by atoms with Crippen LogP contribution in [-0.4, -0.2) is 6.54 Å². The van der Waals surface area contributed by atoms with Crippen LogP contribution in [0.25, 0.3) is 0 Å². The van der Waals surface area contributed by atoms with E-state index in [0.717, 1.165) is 11.1 Å². The minimum atomic E-state index is -0.510. The van der Waals surface area contributed by atoms with Gasteiger partial charge in [-0.05, 0) is 55.3 Å². The molecule has 0 spiro atoms. The van der Waals surface area contributed by atoms with Crippen LogP contribution in [0.15, 0.2) is 36.4 Å². The van der Waals surface area contributed by atoms with Gasteiger partial charge in [0.1, 0.15) is 11.6 Å². The smallest absolute Gasteiger partial charge is 0.129 e. The third-order valence-electron chi connectivity index (χ3n) is 3.53. The lowest BCUT2D eigenvalue weighted by atomic mass is 9.95. The first-order chi connectivity index (χ1) is 10.0. The quantitative estimate of drug-likeness (QED) is 0.835. The molecule has 2 rings (SSSR count). The van der Waals surface area contributed by atoms with Crippen molar-refractivity contribution in [2.45, 2.75) is 26.3 Å². The van der Waals surface area contributed by atoms with Crippen molar-refractivity contribution < 1.29 is 8.78 Å². The molecule has 0 heterocycles. The minimum absolute atomic E-state index is 0.109. The summed E-state index contributed by atoms with van der Waals surface area (Å²) >= 11 is 5.97. The molecule has 112 valence electrons. The molecule has 0 aliphatic heterocycles. The first kappa shape index (κ1) is 15.9. The van der Waals surface area contributed by atoms with Crippen LogP contribution in [0.5, 0.6) is 0 Å². The predicted molar refractivity (Wildman–Crippen MR) is 82.7 cm³/mol. The van der Waals surface area contributed by atoms with Crippen LogP contribution >= 0.6 is 11.6 Å². The Bertz CT molecular complexity index is 608. The molecule has 0 aliphatic rings. The van der Waals surface area contributed by atoms with Crippen LogP contribution in [0, 0.1) is 18.6 Å². The fourth-order valence-electron chi connectivity index (χ4n) is 2.50. The molecule has 1 unspecified atom stereocenters. The number of halogens is 3. The molecule has 0 bridgehead atoms. The highest BCUT2D eigenvalue weighted by atomic mass is 35.5. The summed E-state index contributed by atoms with van der Waals surface area (Å²) in [4.78, 5) is 0. The van der Waals surface area contributed by atoms with Crippen LogP contribution in [0.2, 0.25) is 5.02 Å². The minimum Gasteiger partial charge on any atom is -0.310 e. The van der Waals surface area contributed by atoms with Crippen molar-refractivity contribution in [2.75, 3.05) is 6.54 Å². The Labute approximate surface area is 128 Å². The molecule has 0 radical (unpaired) electrons. The van der Waals surface area contributed by atoms with Crippen LogP contribution in [0.1, 0.15) is 29.7 Å². The Morgan fingerprint density at radius 1 is 1.14 bits per heavy atom. The summed E-state index contributed by atoms with van der Waals surface area (Å²) in [6.45, 7) is 4.63. The summed E-state index contributed by atoms with van der Waals surface area (Å²) in [5.41, 5.74) is 2.12. The maximum Gasteiger partial charge on any atom is 0.129 e. The number of rotatable bonds is 5. The molecule has 2 aromatic carbocycles. The van der Waals surface area contributed by atoms with Crippen molar-refractivity contribution in [3.05, 3.63) is 69.7 Å². The average molecular weight is 310 g/mol. The third kappa shape index (κ3) is 3.80. The summed E-state index contributed by atoms with van der Waals surface area (Å²) < 4.78 is 27.7. The molecule has 0 aliphatic carbocycles. The Kier molecular flexibility index (Phi) is 5.32. The number of hydrogen-bond acceptors (Lipinski definition) is 1. The van der Waals surface area contributed by atoms with E-state index in [1.807, 2.05) is 26.0 Å². The zero-order valence-corrected chi connectivity index (χ0v) is 12.8. The van der Waals surface area contributed by atoms with Crippen LogP contribution in [0.4, 0.5) is 8.78 Å². The maximum absolute atomic E-state index is 13.8. The van der Waals surface area contributed by atoms with Gasteiger partial charge < -0.3 is 5.32 Å². The highest BCUT2D eigenvalue weighted by molar-refractivity contribution is 6.30. The summed E-state index contributed by atoms with van der Waals surface area (Å²) in [5, 5.41) is 3.94. The molecule has 2 aromatic rings. The van der Waals surface area contributed by atoms with Crippen molar-refractivity contribution in [3.8, 4) is 0 Å². The van der Waals surface area contributed by atoms with Gasteiger partial charge in [-0.15, -0.1) is 0 Å². The van der Waals surface area contributed by atoms with Gasteiger partial charge >= 0.3 is 0 Å². The van der Waals surface area contributed by atoms with E-state index >= 15 is 0 Å². The van der Waals surface area contributed by atoms with E-state index in [1.165, 1.54) is 18.2 Å². The summed E-state index contributed by atoms with van der Waals surface area (Å²) in [7, 11) is 0. The second-order valence-corrected chi connectivity index (χ2v) is 5.45. The molecule has 1 atom stereocenters. The van der Waals surface area contributed by atoms with Crippen molar-refractivity contribution in [2.24, 2.45) is 0 Å². The first-order valence-corrected chi connectivity index (χ1v) is 7.33. The van der Waals surface area contributed by atoms with Gasteiger partial charge in [-0.25, -0.2) is 8.78 Å². The SMILES string of the molecule is CCNC(Cc1c(F)cccc1F)c1ccc(Cl)cc1C. The fraction of sp³-hybridized carbons (Fsp3) is 0.294. The van der Waals surface area contributed by atoms with Gasteiger partial charge in [-0.3, -0.25) is 0 Å². The van der Waals surface area contributed by atoms with Crippen molar-refractivity contribution >= 4 is 11.6 Å². The number of benzene rings is 2. The van der Waals surface area contributed by atoms with E-state index in [0.29, 0.717) is 11.6 Å². The predicted octanol–water partition coefficient (Wildman–Crippen LogP) is 4.82. The number of hydrogen-bond donors (Lipinski definition) is 1. The highest BCUT2D eigenvalue weighted by Gasteiger charge is 2.18. The summed E-state index contributed by atoms with van der Waals surface area (Å²) in [6.07, 6.45) is 0.259. The monoisotopic (exact) mass is 309 g/mol. The maximum atomic E-state index is 13.8. The largest absolute Gasteiger partial charge is 0.310 e. The van der Waals surface area contributed by atoms with Gasteiger partial charge in [0.15, 0.2) is 0 Å². The summed E-state index contributed by atoms with van der Waals surface area (Å²) in [6, 6.07) is 9.36. The highest BCUT2D eigenvalue weighted by Crippen LogP contribution is 2.26. The Hall–Kier alpha value is -1.45. The normalized spacial score (nSPS) is 12.4. The van der Waals surface area contributed by atoms with E-state index in [4.69, 9.17) is 11.6 Å². The fourth-order valence-corrected chi connectivity index (χ4v) is 2.73. The van der Waals surface area contributed by atoms with Gasteiger partial charge in [-0.1, -0.05) is 30.7 Å². The molecule has 1 nitrogen and oxygen atoms in total. The molecular formula is C17H18ClF2N. The van der Waals surface area contributed by atoms with Crippen LogP contribution in [-0.2, 0) is 6.42 Å². The lowest BCUT2D eigenvalue weighted by molar-refractivity contribution is 0.498. The molecular weight excluding hydrogens is 292 g/mol. The average Bonchev–Trinajstić information content (AvgIpc) is 2.42. The molecule has 0 amide bonds. The summed E-state index contributed by atoms with van der Waals surface area (Å²) in [5.74, 6) is -1.02. The van der Waals surface area contributed by atoms with Crippen LogP contribution in [0.3, 0.4) is 0 Å². The van der Waals surface area contributed by atoms with E-state index in [1.54, 1.807) is 6.07 Å². The Morgan fingerprint density at radius 2 is 1.81 bits per heavy atom. The Morgan fingerprint density at radius 3 is 2.38 bits per heavy atom. The van der Waals surface area contributed by atoms with E-state index in [2.05, 4.69) is 5.32 Å². The lowest BCUT2D eigenvalue weighted by Gasteiger charge is -2.21. The van der Waals surface area contributed by atoms with Gasteiger partial charge in [0.2, 0.25) is 0 Å². The van der Waals surface area contributed by atoms with Crippen molar-refractivity contribution in [1.82, 2.24) is 5.32 Å². The zero-order valence-electron chi connectivity index (χ0n) is 12.1.